The van der Waals surface area contributed by atoms with Crippen LogP contribution >= 0.6 is 27.7 Å². The van der Waals surface area contributed by atoms with Gasteiger partial charge in [-0.2, -0.15) is 11.8 Å². The Balaban J connectivity index is 1.74. The maximum atomic E-state index is 11.9. The standard InChI is InChI=1S/C14H19BrN2OS/c1-10-8-11(15)2-3-13(10)17-14(18)4-6-16-12-5-7-19-9-12/h2-3,8,12,16H,4-7,9H2,1H3,(H,17,18). The van der Waals surface area contributed by atoms with Gasteiger partial charge in [-0.15, -0.1) is 0 Å². The average Bonchev–Trinajstić information content (AvgIpc) is 2.86. The maximum absolute atomic E-state index is 11.9. The van der Waals surface area contributed by atoms with Crippen LogP contribution in [0.15, 0.2) is 22.7 Å². The Hall–Kier alpha value is -0.520. The lowest BCUT2D eigenvalue weighted by molar-refractivity contribution is -0.116. The van der Waals surface area contributed by atoms with Crippen LogP contribution in [0.5, 0.6) is 0 Å². The van der Waals surface area contributed by atoms with Gasteiger partial charge < -0.3 is 10.6 Å². The highest BCUT2D eigenvalue weighted by Gasteiger charge is 2.14. The first-order valence-electron chi connectivity index (χ1n) is 6.52. The molecular weight excluding hydrogens is 324 g/mol. The molecular formula is C14H19BrN2OS. The molecule has 1 heterocycles. The molecule has 5 heteroatoms. The summed E-state index contributed by atoms with van der Waals surface area (Å²) in [5.74, 6) is 2.48. The number of carbonyl (C=O) groups is 1. The Morgan fingerprint density at radius 2 is 2.37 bits per heavy atom. The topological polar surface area (TPSA) is 41.1 Å². The molecule has 1 aromatic rings. The fourth-order valence-electron chi connectivity index (χ4n) is 2.07. The summed E-state index contributed by atoms with van der Waals surface area (Å²) in [6.07, 6.45) is 1.74. The molecule has 19 heavy (non-hydrogen) atoms. The van der Waals surface area contributed by atoms with E-state index in [0.29, 0.717) is 12.5 Å². The number of hydrogen-bond acceptors (Lipinski definition) is 3. The zero-order chi connectivity index (χ0) is 13.7. The number of benzene rings is 1. The minimum atomic E-state index is 0.0728. The van der Waals surface area contributed by atoms with Gasteiger partial charge in [0.05, 0.1) is 0 Å². The number of halogens is 1. The fourth-order valence-corrected chi connectivity index (χ4v) is 3.73. The van der Waals surface area contributed by atoms with E-state index in [9.17, 15) is 4.79 Å². The molecule has 1 saturated heterocycles. The highest BCUT2D eigenvalue weighted by Crippen LogP contribution is 2.20. The van der Waals surface area contributed by atoms with Gasteiger partial charge in [0.15, 0.2) is 0 Å². The molecule has 2 rings (SSSR count). The number of rotatable bonds is 5. The Bertz CT molecular complexity index is 447. The first kappa shape index (κ1) is 14.9. The first-order valence-corrected chi connectivity index (χ1v) is 8.47. The molecule has 0 spiro atoms. The number of amides is 1. The molecule has 0 saturated carbocycles. The van der Waals surface area contributed by atoms with Gasteiger partial charge >= 0.3 is 0 Å². The molecule has 1 amide bonds. The van der Waals surface area contributed by atoms with Gasteiger partial charge in [0.25, 0.3) is 0 Å². The molecule has 2 N–H and O–H groups in total. The second-order valence-corrected chi connectivity index (χ2v) is 6.84. The second kappa shape index (κ2) is 7.31. The normalized spacial score (nSPS) is 18.5. The summed E-state index contributed by atoms with van der Waals surface area (Å²) in [6.45, 7) is 2.75. The molecule has 1 aromatic carbocycles. The van der Waals surface area contributed by atoms with Crippen LogP contribution in [-0.4, -0.2) is 30.0 Å². The Labute approximate surface area is 127 Å². The number of aryl methyl sites for hydroxylation is 1. The van der Waals surface area contributed by atoms with E-state index in [4.69, 9.17) is 0 Å². The summed E-state index contributed by atoms with van der Waals surface area (Å²) in [4.78, 5) is 11.9. The van der Waals surface area contributed by atoms with E-state index in [0.717, 1.165) is 22.3 Å². The van der Waals surface area contributed by atoms with E-state index in [1.165, 1.54) is 17.9 Å². The van der Waals surface area contributed by atoms with Crippen molar-refractivity contribution in [3.05, 3.63) is 28.2 Å². The highest BCUT2D eigenvalue weighted by atomic mass is 79.9. The van der Waals surface area contributed by atoms with E-state index in [1.807, 2.05) is 36.9 Å². The summed E-state index contributed by atoms with van der Waals surface area (Å²) in [6, 6.07) is 6.46. The lowest BCUT2D eigenvalue weighted by atomic mass is 10.2. The Kier molecular flexibility index (Phi) is 5.73. The summed E-state index contributed by atoms with van der Waals surface area (Å²) in [5, 5.41) is 6.39. The van der Waals surface area contributed by atoms with Crippen molar-refractivity contribution in [1.82, 2.24) is 5.32 Å². The van der Waals surface area contributed by atoms with Crippen LogP contribution in [0.3, 0.4) is 0 Å². The van der Waals surface area contributed by atoms with Crippen molar-refractivity contribution in [3.63, 3.8) is 0 Å². The molecule has 1 aliphatic rings. The van der Waals surface area contributed by atoms with E-state index < -0.39 is 0 Å². The van der Waals surface area contributed by atoms with Crippen LogP contribution in [-0.2, 0) is 4.79 Å². The van der Waals surface area contributed by atoms with Crippen molar-refractivity contribution in [3.8, 4) is 0 Å². The molecule has 0 aromatic heterocycles. The van der Waals surface area contributed by atoms with E-state index in [-0.39, 0.29) is 5.91 Å². The largest absolute Gasteiger partial charge is 0.326 e. The summed E-state index contributed by atoms with van der Waals surface area (Å²) < 4.78 is 1.03. The Morgan fingerprint density at radius 1 is 1.53 bits per heavy atom. The second-order valence-electron chi connectivity index (χ2n) is 4.77. The number of hydrogen-bond donors (Lipinski definition) is 2. The lowest BCUT2D eigenvalue weighted by Crippen LogP contribution is -2.31. The van der Waals surface area contributed by atoms with Gasteiger partial charge in [0.1, 0.15) is 0 Å². The minimum absolute atomic E-state index is 0.0728. The SMILES string of the molecule is Cc1cc(Br)ccc1NC(=O)CCNC1CCSC1. The van der Waals surface area contributed by atoms with Crippen LogP contribution in [0.1, 0.15) is 18.4 Å². The molecule has 0 radical (unpaired) electrons. The van der Waals surface area contributed by atoms with Crippen molar-refractivity contribution in [2.75, 3.05) is 23.4 Å². The van der Waals surface area contributed by atoms with Gasteiger partial charge in [0, 0.05) is 34.9 Å². The van der Waals surface area contributed by atoms with Crippen molar-refractivity contribution in [1.29, 1.82) is 0 Å². The number of carbonyl (C=O) groups excluding carboxylic acids is 1. The number of thioether (sulfide) groups is 1. The van der Waals surface area contributed by atoms with Crippen LogP contribution < -0.4 is 10.6 Å². The van der Waals surface area contributed by atoms with Crippen LogP contribution in [0.4, 0.5) is 5.69 Å². The predicted molar refractivity (Wildman–Crippen MR) is 85.9 cm³/mol. The monoisotopic (exact) mass is 342 g/mol. The predicted octanol–water partition coefficient (Wildman–Crippen LogP) is 3.18. The average molecular weight is 343 g/mol. The third kappa shape index (κ3) is 4.82. The van der Waals surface area contributed by atoms with Gasteiger partial charge in [-0.05, 0) is 42.9 Å². The molecule has 0 bridgehead atoms. The van der Waals surface area contributed by atoms with Gasteiger partial charge in [-0.25, -0.2) is 0 Å². The van der Waals surface area contributed by atoms with Gasteiger partial charge in [0.2, 0.25) is 5.91 Å². The van der Waals surface area contributed by atoms with E-state index >= 15 is 0 Å². The zero-order valence-corrected chi connectivity index (χ0v) is 13.4. The molecule has 0 aliphatic carbocycles. The molecule has 1 atom stereocenters. The third-order valence-corrected chi connectivity index (χ3v) is 4.83. The summed E-state index contributed by atoms with van der Waals surface area (Å²) in [5.41, 5.74) is 1.97. The molecule has 104 valence electrons. The smallest absolute Gasteiger partial charge is 0.225 e. The van der Waals surface area contributed by atoms with Crippen molar-refractivity contribution >= 4 is 39.3 Å². The van der Waals surface area contributed by atoms with E-state index in [1.54, 1.807) is 0 Å². The summed E-state index contributed by atoms with van der Waals surface area (Å²) in [7, 11) is 0. The summed E-state index contributed by atoms with van der Waals surface area (Å²) >= 11 is 5.40. The van der Waals surface area contributed by atoms with E-state index in [2.05, 4.69) is 26.6 Å². The van der Waals surface area contributed by atoms with Gasteiger partial charge in [-0.3, -0.25) is 4.79 Å². The van der Waals surface area contributed by atoms with Crippen molar-refractivity contribution in [2.45, 2.75) is 25.8 Å². The van der Waals surface area contributed by atoms with Crippen molar-refractivity contribution < 1.29 is 4.79 Å². The minimum Gasteiger partial charge on any atom is -0.326 e. The lowest BCUT2D eigenvalue weighted by Gasteiger charge is -2.12. The quantitative estimate of drug-likeness (QED) is 0.863. The molecule has 3 nitrogen and oxygen atoms in total. The van der Waals surface area contributed by atoms with Crippen LogP contribution in [0.25, 0.3) is 0 Å². The maximum Gasteiger partial charge on any atom is 0.225 e. The van der Waals surface area contributed by atoms with Gasteiger partial charge in [-0.1, -0.05) is 15.9 Å². The highest BCUT2D eigenvalue weighted by molar-refractivity contribution is 9.10. The fraction of sp³-hybridized carbons (Fsp3) is 0.500. The van der Waals surface area contributed by atoms with Crippen LogP contribution in [0, 0.1) is 6.92 Å². The van der Waals surface area contributed by atoms with Crippen LogP contribution in [0.2, 0.25) is 0 Å². The Morgan fingerprint density at radius 3 is 3.05 bits per heavy atom. The third-order valence-electron chi connectivity index (χ3n) is 3.18. The number of nitrogens with one attached hydrogen (secondary N) is 2. The van der Waals surface area contributed by atoms with Crippen molar-refractivity contribution in [2.24, 2.45) is 0 Å². The zero-order valence-electron chi connectivity index (χ0n) is 11.0. The molecule has 1 aliphatic heterocycles. The first-order chi connectivity index (χ1) is 9.15. The molecule has 1 unspecified atom stereocenters. The molecule has 1 fully saturated rings. The number of anilines is 1.